The summed E-state index contributed by atoms with van der Waals surface area (Å²) in [6.07, 6.45) is 0.566. The molecule has 0 aliphatic heterocycles. The molecule has 1 aromatic heterocycles. The summed E-state index contributed by atoms with van der Waals surface area (Å²) >= 11 is 3.53. The van der Waals surface area contributed by atoms with Crippen molar-refractivity contribution in [3.8, 4) is 11.3 Å². The third-order valence-corrected chi connectivity index (χ3v) is 3.84. The predicted molar refractivity (Wildman–Crippen MR) is 77.0 cm³/mol. The molecule has 1 aromatic carbocycles. The highest BCUT2D eigenvalue weighted by Crippen LogP contribution is 2.30. The van der Waals surface area contributed by atoms with Gasteiger partial charge in [0.2, 0.25) is 0 Å². The molecule has 19 heavy (non-hydrogen) atoms. The summed E-state index contributed by atoms with van der Waals surface area (Å²) in [5.41, 5.74) is 3.97. The van der Waals surface area contributed by atoms with Crippen LogP contribution in [0, 0.1) is 6.92 Å². The Hall–Kier alpha value is -1.62. The van der Waals surface area contributed by atoms with E-state index in [1.54, 1.807) is 4.68 Å². The normalized spacial score (nSPS) is 10.7. The van der Waals surface area contributed by atoms with E-state index in [4.69, 9.17) is 5.11 Å². The molecular formula is C14H15BrN2O2. The molecule has 0 amide bonds. The molecule has 0 atom stereocenters. The highest BCUT2D eigenvalue weighted by molar-refractivity contribution is 9.10. The first-order valence-corrected chi connectivity index (χ1v) is 6.78. The maximum absolute atomic E-state index is 10.7. The highest BCUT2D eigenvalue weighted by atomic mass is 79.9. The largest absolute Gasteiger partial charge is 0.481 e. The third kappa shape index (κ3) is 3.04. The summed E-state index contributed by atoms with van der Waals surface area (Å²) in [5, 5.41) is 13.2. The Kier molecular flexibility index (Phi) is 4.04. The van der Waals surface area contributed by atoms with Crippen LogP contribution in [-0.2, 0) is 18.3 Å². The van der Waals surface area contributed by atoms with Crippen LogP contribution in [0.15, 0.2) is 28.7 Å². The molecule has 5 heteroatoms. The van der Waals surface area contributed by atoms with Crippen LogP contribution in [-0.4, -0.2) is 20.9 Å². The lowest BCUT2D eigenvalue weighted by Gasteiger charge is -2.00. The lowest BCUT2D eigenvalue weighted by atomic mass is 10.1. The first-order chi connectivity index (χ1) is 8.99. The quantitative estimate of drug-likeness (QED) is 0.940. The molecule has 1 heterocycles. The Balaban J connectivity index is 2.35. The second-order valence-electron chi connectivity index (χ2n) is 4.49. The fraction of sp³-hybridized carbons (Fsp3) is 0.286. The van der Waals surface area contributed by atoms with E-state index in [1.807, 2.05) is 38.2 Å². The van der Waals surface area contributed by atoms with Crippen LogP contribution in [0.5, 0.6) is 0 Å². The summed E-state index contributed by atoms with van der Waals surface area (Å²) in [7, 11) is 1.83. The Morgan fingerprint density at radius 1 is 1.37 bits per heavy atom. The molecule has 2 rings (SSSR count). The topological polar surface area (TPSA) is 55.1 Å². The van der Waals surface area contributed by atoms with Gasteiger partial charge in [0.15, 0.2) is 0 Å². The molecule has 1 N–H and O–H groups in total. The summed E-state index contributed by atoms with van der Waals surface area (Å²) in [6, 6.07) is 8.10. The Bertz CT molecular complexity index is 603. The van der Waals surface area contributed by atoms with Gasteiger partial charge < -0.3 is 5.11 Å². The molecule has 0 fully saturated rings. The van der Waals surface area contributed by atoms with Crippen molar-refractivity contribution in [3.63, 3.8) is 0 Å². The Morgan fingerprint density at radius 2 is 2.00 bits per heavy atom. The van der Waals surface area contributed by atoms with Crippen molar-refractivity contribution >= 4 is 21.9 Å². The van der Waals surface area contributed by atoms with E-state index in [2.05, 4.69) is 21.0 Å². The number of rotatable bonds is 4. The molecular weight excluding hydrogens is 308 g/mol. The molecule has 0 saturated carbocycles. The number of hydrogen-bond acceptors (Lipinski definition) is 2. The van der Waals surface area contributed by atoms with Crippen molar-refractivity contribution in [1.82, 2.24) is 9.78 Å². The summed E-state index contributed by atoms with van der Waals surface area (Å²) < 4.78 is 2.61. The SMILES string of the molecule is Cc1ccc(-c2nn(C)c(CCC(=O)O)c2Br)cc1. The van der Waals surface area contributed by atoms with Crippen LogP contribution in [0.2, 0.25) is 0 Å². The van der Waals surface area contributed by atoms with Crippen LogP contribution in [0.4, 0.5) is 0 Å². The van der Waals surface area contributed by atoms with Gasteiger partial charge in [0.05, 0.1) is 16.6 Å². The molecule has 0 spiro atoms. The van der Waals surface area contributed by atoms with Crippen LogP contribution in [0.3, 0.4) is 0 Å². The summed E-state index contributed by atoms with van der Waals surface area (Å²) in [4.78, 5) is 10.7. The average molecular weight is 323 g/mol. The van der Waals surface area contributed by atoms with E-state index in [9.17, 15) is 4.79 Å². The minimum atomic E-state index is -0.801. The zero-order valence-electron chi connectivity index (χ0n) is 10.9. The number of halogens is 1. The number of carboxylic acids is 1. The van der Waals surface area contributed by atoms with Crippen molar-refractivity contribution in [2.75, 3.05) is 0 Å². The molecule has 100 valence electrons. The molecule has 2 aromatic rings. The van der Waals surface area contributed by atoms with Gasteiger partial charge in [0.25, 0.3) is 0 Å². The van der Waals surface area contributed by atoms with E-state index in [0.29, 0.717) is 6.42 Å². The van der Waals surface area contributed by atoms with Gasteiger partial charge in [-0.05, 0) is 22.9 Å². The average Bonchev–Trinajstić information content (AvgIpc) is 2.63. The van der Waals surface area contributed by atoms with Crippen molar-refractivity contribution in [2.45, 2.75) is 19.8 Å². The van der Waals surface area contributed by atoms with E-state index in [0.717, 1.165) is 21.4 Å². The lowest BCUT2D eigenvalue weighted by molar-refractivity contribution is -0.136. The van der Waals surface area contributed by atoms with E-state index >= 15 is 0 Å². The number of nitrogens with zero attached hydrogens (tertiary/aromatic N) is 2. The smallest absolute Gasteiger partial charge is 0.303 e. The zero-order valence-corrected chi connectivity index (χ0v) is 12.4. The lowest BCUT2D eigenvalue weighted by Crippen LogP contribution is -2.03. The number of aryl methyl sites for hydroxylation is 2. The maximum atomic E-state index is 10.7. The van der Waals surface area contributed by atoms with Gasteiger partial charge in [0, 0.05) is 19.0 Å². The standard InChI is InChI=1S/C14H15BrN2O2/c1-9-3-5-10(6-4-9)14-13(15)11(17(2)16-14)7-8-12(18)19/h3-6H,7-8H2,1-2H3,(H,18,19). The first-order valence-electron chi connectivity index (χ1n) is 5.99. The van der Waals surface area contributed by atoms with Gasteiger partial charge >= 0.3 is 5.97 Å². The first kappa shape index (κ1) is 13.8. The van der Waals surface area contributed by atoms with Crippen molar-refractivity contribution < 1.29 is 9.90 Å². The number of benzene rings is 1. The fourth-order valence-electron chi connectivity index (χ4n) is 1.93. The predicted octanol–water partition coefficient (Wildman–Crippen LogP) is 3.18. The number of aromatic nitrogens is 2. The summed E-state index contributed by atoms with van der Waals surface area (Å²) in [5.74, 6) is -0.801. The minimum Gasteiger partial charge on any atom is -0.481 e. The molecule has 0 unspecified atom stereocenters. The molecule has 0 saturated heterocycles. The number of hydrogen-bond donors (Lipinski definition) is 1. The van der Waals surface area contributed by atoms with E-state index < -0.39 is 5.97 Å². The summed E-state index contributed by atoms with van der Waals surface area (Å²) in [6.45, 7) is 2.04. The molecule has 4 nitrogen and oxygen atoms in total. The maximum Gasteiger partial charge on any atom is 0.303 e. The highest BCUT2D eigenvalue weighted by Gasteiger charge is 2.15. The number of aliphatic carboxylic acids is 1. The van der Waals surface area contributed by atoms with Gasteiger partial charge in [-0.3, -0.25) is 9.48 Å². The third-order valence-electron chi connectivity index (χ3n) is 3.00. The Morgan fingerprint density at radius 3 is 2.58 bits per heavy atom. The van der Waals surface area contributed by atoms with Gasteiger partial charge in [-0.1, -0.05) is 29.8 Å². The van der Waals surface area contributed by atoms with Crippen molar-refractivity contribution in [3.05, 3.63) is 40.0 Å². The molecule has 0 radical (unpaired) electrons. The number of carbonyl (C=O) groups is 1. The van der Waals surface area contributed by atoms with E-state index in [-0.39, 0.29) is 6.42 Å². The zero-order chi connectivity index (χ0) is 14.0. The Labute approximate surface area is 120 Å². The van der Waals surface area contributed by atoms with Gasteiger partial charge in [-0.25, -0.2) is 0 Å². The van der Waals surface area contributed by atoms with Crippen LogP contribution in [0.25, 0.3) is 11.3 Å². The molecule has 0 aliphatic carbocycles. The molecule has 0 bridgehead atoms. The monoisotopic (exact) mass is 322 g/mol. The second-order valence-corrected chi connectivity index (χ2v) is 5.29. The fourth-order valence-corrected chi connectivity index (χ4v) is 2.69. The van der Waals surface area contributed by atoms with Crippen LogP contribution in [0.1, 0.15) is 17.7 Å². The second kappa shape index (κ2) is 5.57. The van der Waals surface area contributed by atoms with Gasteiger partial charge in [-0.15, -0.1) is 0 Å². The van der Waals surface area contributed by atoms with Crippen LogP contribution < -0.4 is 0 Å². The van der Waals surface area contributed by atoms with Crippen molar-refractivity contribution in [2.24, 2.45) is 7.05 Å². The minimum absolute atomic E-state index is 0.103. The van der Waals surface area contributed by atoms with E-state index in [1.165, 1.54) is 5.56 Å². The van der Waals surface area contributed by atoms with Crippen LogP contribution >= 0.6 is 15.9 Å². The molecule has 0 aliphatic rings. The van der Waals surface area contributed by atoms with Crippen molar-refractivity contribution in [1.29, 1.82) is 0 Å². The van der Waals surface area contributed by atoms with Gasteiger partial charge in [0.1, 0.15) is 5.69 Å². The van der Waals surface area contributed by atoms with Gasteiger partial charge in [-0.2, -0.15) is 5.10 Å². The number of carboxylic acid groups (broad SMARTS) is 1.